The second-order valence-electron chi connectivity index (χ2n) is 8.81. The van der Waals surface area contributed by atoms with E-state index in [2.05, 4.69) is 24.3 Å². The quantitative estimate of drug-likeness (QED) is 0.255. The van der Waals surface area contributed by atoms with Crippen molar-refractivity contribution in [3.63, 3.8) is 0 Å². The van der Waals surface area contributed by atoms with Crippen molar-refractivity contribution < 1.29 is 8.42 Å². The number of rotatable bonds is 6. The Balaban J connectivity index is 1.76. The van der Waals surface area contributed by atoms with E-state index in [0.717, 1.165) is 33.2 Å². The summed E-state index contributed by atoms with van der Waals surface area (Å²) in [6, 6.07) is 33.0. The number of allylic oxidation sites excluding steroid dienone is 1. The Morgan fingerprint density at radius 3 is 2.00 bits per heavy atom. The van der Waals surface area contributed by atoms with Gasteiger partial charge in [0.15, 0.2) is 0 Å². The summed E-state index contributed by atoms with van der Waals surface area (Å²) in [7, 11) is -3.84. The van der Waals surface area contributed by atoms with E-state index in [1.54, 1.807) is 12.1 Å². The molecule has 1 aromatic heterocycles. The lowest BCUT2D eigenvalue weighted by Gasteiger charge is -2.14. The van der Waals surface area contributed by atoms with Crippen molar-refractivity contribution in [3.8, 4) is 11.3 Å². The molecule has 0 spiro atoms. The van der Waals surface area contributed by atoms with Crippen LogP contribution in [0.25, 0.3) is 28.2 Å². The van der Waals surface area contributed by atoms with E-state index in [9.17, 15) is 8.42 Å². The van der Waals surface area contributed by atoms with Crippen LogP contribution in [-0.4, -0.2) is 12.4 Å². The fourth-order valence-corrected chi connectivity index (χ4v) is 5.99. The molecule has 0 unspecified atom stereocenters. The Morgan fingerprint density at radius 1 is 0.714 bits per heavy atom. The number of aromatic nitrogens is 1. The molecule has 0 bridgehead atoms. The van der Waals surface area contributed by atoms with Gasteiger partial charge in [0.25, 0.3) is 10.0 Å². The van der Waals surface area contributed by atoms with E-state index in [0.29, 0.717) is 17.6 Å². The third-order valence-corrected chi connectivity index (χ3v) is 7.98. The minimum atomic E-state index is -3.84. The fourth-order valence-electron chi connectivity index (χ4n) is 4.43. The molecule has 0 aliphatic heterocycles. The molecule has 0 aliphatic rings. The van der Waals surface area contributed by atoms with Crippen LogP contribution in [0.1, 0.15) is 22.3 Å². The average Bonchev–Trinajstić information content (AvgIpc) is 3.20. The highest BCUT2D eigenvalue weighted by Gasteiger charge is 2.27. The maximum absolute atomic E-state index is 14.1. The number of hydrogen-bond donors (Lipinski definition) is 0. The highest BCUT2D eigenvalue weighted by molar-refractivity contribution is 7.90. The van der Waals surface area contributed by atoms with Gasteiger partial charge in [0, 0.05) is 5.39 Å². The van der Waals surface area contributed by atoms with Crippen LogP contribution in [-0.2, 0) is 16.4 Å². The van der Waals surface area contributed by atoms with Gasteiger partial charge in [0.2, 0.25) is 0 Å². The van der Waals surface area contributed by atoms with Gasteiger partial charge in [0.05, 0.1) is 16.1 Å². The molecule has 35 heavy (non-hydrogen) atoms. The normalized spacial score (nSPS) is 11.9. The molecule has 1 heterocycles. The van der Waals surface area contributed by atoms with Crippen molar-refractivity contribution in [2.75, 3.05) is 0 Å². The monoisotopic (exact) mass is 477 g/mol. The number of fused-ring (bicyclic) bond motifs is 1. The van der Waals surface area contributed by atoms with E-state index in [1.165, 1.54) is 3.97 Å². The second-order valence-corrected chi connectivity index (χ2v) is 10.6. The van der Waals surface area contributed by atoms with Crippen molar-refractivity contribution in [1.82, 2.24) is 3.97 Å². The Kier molecular flexibility index (Phi) is 6.14. The highest BCUT2D eigenvalue weighted by Crippen LogP contribution is 2.37. The van der Waals surface area contributed by atoms with E-state index in [1.807, 2.05) is 92.7 Å². The van der Waals surface area contributed by atoms with Gasteiger partial charge in [-0.25, -0.2) is 12.4 Å². The van der Waals surface area contributed by atoms with E-state index in [4.69, 9.17) is 0 Å². The molecule has 3 nitrogen and oxygen atoms in total. The smallest absolute Gasteiger partial charge is 0.233 e. The summed E-state index contributed by atoms with van der Waals surface area (Å²) in [5.41, 5.74) is 6.53. The lowest BCUT2D eigenvalue weighted by atomic mass is 10.0. The summed E-state index contributed by atoms with van der Waals surface area (Å²) in [4.78, 5) is 0.281. The summed E-state index contributed by atoms with van der Waals surface area (Å²) in [6.07, 6.45) is 4.80. The molecule has 4 aromatic carbocycles. The van der Waals surface area contributed by atoms with Crippen molar-refractivity contribution in [2.24, 2.45) is 0 Å². The zero-order chi connectivity index (χ0) is 24.4. The number of nitrogens with zero attached hydrogens (tertiary/aromatic N) is 1. The molecular formula is C31H27NO2S. The highest BCUT2D eigenvalue weighted by atomic mass is 32.2. The third-order valence-electron chi connectivity index (χ3n) is 6.25. The van der Waals surface area contributed by atoms with Crippen molar-refractivity contribution in [2.45, 2.75) is 25.2 Å². The van der Waals surface area contributed by atoms with Gasteiger partial charge >= 0.3 is 0 Å². The molecule has 174 valence electrons. The predicted octanol–water partition coefficient (Wildman–Crippen LogP) is 7.42. The molecule has 4 heteroatoms. The molecule has 0 saturated heterocycles. The summed E-state index contributed by atoms with van der Waals surface area (Å²) in [5.74, 6) is 0. The minimum absolute atomic E-state index is 0.281. The SMILES string of the molecule is Cc1ccc(-c2c(C/C=C/c3ccccc3)c3ccccc3n2S(=O)(=O)c2ccc(C)cc2)cc1. The second kappa shape index (κ2) is 9.40. The summed E-state index contributed by atoms with van der Waals surface area (Å²) in [5, 5.41) is 0.941. The topological polar surface area (TPSA) is 39.1 Å². The lowest BCUT2D eigenvalue weighted by Crippen LogP contribution is -2.14. The van der Waals surface area contributed by atoms with Crippen molar-refractivity contribution in [3.05, 3.63) is 131 Å². The summed E-state index contributed by atoms with van der Waals surface area (Å²) in [6.45, 7) is 3.99. The Labute approximate surface area is 207 Å². The summed E-state index contributed by atoms with van der Waals surface area (Å²) < 4.78 is 29.7. The molecule has 5 aromatic rings. The summed E-state index contributed by atoms with van der Waals surface area (Å²) >= 11 is 0. The van der Waals surface area contributed by atoms with Gasteiger partial charge in [-0.1, -0.05) is 108 Å². The Morgan fingerprint density at radius 2 is 1.31 bits per heavy atom. The van der Waals surface area contributed by atoms with E-state index in [-0.39, 0.29) is 4.90 Å². The zero-order valence-corrected chi connectivity index (χ0v) is 20.7. The first-order valence-corrected chi connectivity index (χ1v) is 13.1. The van der Waals surface area contributed by atoms with Crippen molar-refractivity contribution >= 4 is 27.0 Å². The third kappa shape index (κ3) is 4.45. The largest absolute Gasteiger partial charge is 0.268 e. The first-order valence-electron chi connectivity index (χ1n) is 11.7. The molecule has 0 aliphatic carbocycles. The van der Waals surface area contributed by atoms with E-state index >= 15 is 0 Å². The predicted molar refractivity (Wildman–Crippen MR) is 145 cm³/mol. The van der Waals surface area contributed by atoms with Crippen molar-refractivity contribution in [1.29, 1.82) is 0 Å². The number of aryl methyl sites for hydroxylation is 2. The van der Waals surface area contributed by atoms with Gasteiger partial charge in [0.1, 0.15) is 0 Å². The molecule has 0 N–H and O–H groups in total. The van der Waals surface area contributed by atoms with E-state index < -0.39 is 10.0 Å². The van der Waals surface area contributed by atoms with Crippen LogP contribution in [0, 0.1) is 13.8 Å². The first-order chi connectivity index (χ1) is 16.9. The van der Waals surface area contributed by atoms with Crippen LogP contribution in [0.2, 0.25) is 0 Å². The van der Waals surface area contributed by atoms with Crippen LogP contribution in [0.3, 0.4) is 0 Å². The van der Waals surface area contributed by atoms with Crippen LogP contribution >= 0.6 is 0 Å². The minimum Gasteiger partial charge on any atom is -0.233 e. The van der Waals surface area contributed by atoms with Gasteiger partial charge < -0.3 is 0 Å². The lowest BCUT2D eigenvalue weighted by molar-refractivity contribution is 0.589. The van der Waals surface area contributed by atoms with Crippen LogP contribution in [0.5, 0.6) is 0 Å². The molecule has 0 amide bonds. The molecule has 0 atom stereocenters. The van der Waals surface area contributed by atoms with Gasteiger partial charge in [-0.3, -0.25) is 0 Å². The maximum atomic E-state index is 14.1. The molecule has 0 saturated carbocycles. The van der Waals surface area contributed by atoms with Crippen LogP contribution < -0.4 is 0 Å². The average molecular weight is 478 g/mol. The standard InChI is InChI=1S/C31H27NO2S/c1-23-15-19-26(20-16-23)31-29(13-8-11-25-9-4-3-5-10-25)28-12-6-7-14-30(28)32(31)35(33,34)27-21-17-24(2)18-22-27/h3-12,14-22H,13H2,1-2H3/b11-8+. The molecule has 5 rings (SSSR count). The first kappa shape index (κ1) is 22.9. The number of benzene rings is 4. The fraction of sp³-hybridized carbons (Fsp3) is 0.0968. The van der Waals surface area contributed by atoms with Gasteiger partial charge in [-0.2, -0.15) is 0 Å². The van der Waals surface area contributed by atoms with Crippen LogP contribution in [0.4, 0.5) is 0 Å². The molecular weight excluding hydrogens is 450 g/mol. The number of para-hydroxylation sites is 1. The Bertz CT molecular complexity index is 1610. The zero-order valence-electron chi connectivity index (χ0n) is 19.8. The maximum Gasteiger partial charge on any atom is 0.268 e. The van der Waals surface area contributed by atoms with Crippen LogP contribution in [0.15, 0.2) is 114 Å². The number of hydrogen-bond acceptors (Lipinski definition) is 2. The molecule has 0 radical (unpaired) electrons. The van der Waals surface area contributed by atoms with Gasteiger partial charge in [-0.05, 0) is 55.2 Å². The Hall–Kier alpha value is -3.89. The van der Waals surface area contributed by atoms with Gasteiger partial charge in [-0.15, -0.1) is 0 Å². The molecule has 0 fully saturated rings.